The number of benzene rings is 1. The normalized spacial score (nSPS) is 19.7. The highest BCUT2D eigenvalue weighted by atomic mass is 32.2. The SMILES string of the molecule is COC(=O)C1=C(C)N=C2SCCC(=O)N2[C@@H]1c1ccc(OC)cc1OC. The van der Waals surface area contributed by atoms with E-state index in [0.29, 0.717) is 45.7 Å². The summed E-state index contributed by atoms with van der Waals surface area (Å²) in [5, 5.41) is 0.592. The first-order chi connectivity index (χ1) is 12.5. The molecule has 0 unspecified atom stereocenters. The molecule has 2 aliphatic heterocycles. The van der Waals surface area contributed by atoms with Crippen molar-refractivity contribution >= 4 is 28.8 Å². The van der Waals surface area contributed by atoms with Gasteiger partial charge in [-0.05, 0) is 19.1 Å². The number of amidine groups is 1. The van der Waals surface area contributed by atoms with Crippen LogP contribution in [-0.4, -0.2) is 49.0 Å². The van der Waals surface area contributed by atoms with Crippen molar-refractivity contribution in [2.45, 2.75) is 19.4 Å². The molecule has 0 N–H and O–H groups in total. The van der Waals surface area contributed by atoms with Crippen molar-refractivity contribution in [2.24, 2.45) is 4.99 Å². The second-order valence-corrected chi connectivity index (χ2v) is 6.82. The van der Waals surface area contributed by atoms with E-state index in [1.165, 1.54) is 26.0 Å². The van der Waals surface area contributed by atoms with E-state index in [1.807, 2.05) is 0 Å². The Balaban J connectivity index is 2.22. The number of methoxy groups -OCH3 is 3. The molecule has 0 bridgehead atoms. The number of allylic oxidation sites excluding steroid dienone is 1. The standard InChI is InChI=1S/C18H20N2O5S/c1-10-15(17(22)25-4)16(20-14(21)7-8-26-18(20)19-10)12-6-5-11(23-2)9-13(12)24-3/h5-6,9,16H,7-8H2,1-4H3/t16-/m1/s1. The molecule has 1 saturated heterocycles. The van der Waals surface area contributed by atoms with Gasteiger partial charge in [0.2, 0.25) is 5.91 Å². The van der Waals surface area contributed by atoms with Crippen molar-refractivity contribution in [3.8, 4) is 11.5 Å². The smallest absolute Gasteiger partial charge is 0.338 e. The molecule has 7 nitrogen and oxygen atoms in total. The van der Waals surface area contributed by atoms with Gasteiger partial charge in [0.05, 0.1) is 32.6 Å². The van der Waals surface area contributed by atoms with Gasteiger partial charge in [-0.15, -0.1) is 0 Å². The molecule has 0 saturated carbocycles. The van der Waals surface area contributed by atoms with E-state index in [2.05, 4.69) is 4.99 Å². The van der Waals surface area contributed by atoms with Crippen molar-refractivity contribution in [1.29, 1.82) is 0 Å². The number of rotatable bonds is 4. The van der Waals surface area contributed by atoms with Gasteiger partial charge in [0.1, 0.15) is 17.5 Å². The zero-order valence-electron chi connectivity index (χ0n) is 15.1. The molecule has 1 aromatic carbocycles. The monoisotopic (exact) mass is 376 g/mol. The number of fused-ring (bicyclic) bond motifs is 1. The molecule has 0 aromatic heterocycles. The first kappa shape index (κ1) is 18.3. The Labute approximate surface area is 156 Å². The summed E-state index contributed by atoms with van der Waals surface area (Å²) in [7, 11) is 4.42. The number of carbonyl (C=O) groups is 2. The van der Waals surface area contributed by atoms with Crippen molar-refractivity contribution in [3.05, 3.63) is 35.0 Å². The number of nitrogens with zero attached hydrogens (tertiary/aromatic N) is 2. The highest BCUT2D eigenvalue weighted by Gasteiger charge is 2.42. The predicted molar refractivity (Wildman–Crippen MR) is 98.4 cm³/mol. The Morgan fingerprint density at radius 2 is 2.04 bits per heavy atom. The summed E-state index contributed by atoms with van der Waals surface area (Å²) in [6.45, 7) is 1.75. The Morgan fingerprint density at radius 1 is 1.27 bits per heavy atom. The van der Waals surface area contributed by atoms with Crippen LogP contribution >= 0.6 is 11.8 Å². The molecule has 1 fully saturated rings. The van der Waals surface area contributed by atoms with Gasteiger partial charge >= 0.3 is 5.97 Å². The van der Waals surface area contributed by atoms with E-state index in [9.17, 15) is 9.59 Å². The molecule has 2 aliphatic rings. The van der Waals surface area contributed by atoms with E-state index in [1.54, 1.807) is 37.1 Å². The first-order valence-electron chi connectivity index (χ1n) is 8.06. The van der Waals surface area contributed by atoms with Crippen molar-refractivity contribution in [3.63, 3.8) is 0 Å². The highest BCUT2D eigenvalue weighted by molar-refractivity contribution is 8.14. The molecule has 1 aromatic rings. The van der Waals surface area contributed by atoms with Crippen LogP contribution in [-0.2, 0) is 14.3 Å². The predicted octanol–water partition coefficient (Wildman–Crippen LogP) is 2.53. The second-order valence-electron chi connectivity index (χ2n) is 5.76. The molecule has 0 aliphatic carbocycles. The van der Waals surface area contributed by atoms with Gasteiger partial charge in [-0.1, -0.05) is 11.8 Å². The van der Waals surface area contributed by atoms with Gasteiger partial charge in [-0.3, -0.25) is 9.69 Å². The van der Waals surface area contributed by atoms with Crippen LogP contribution in [0.1, 0.15) is 24.9 Å². The van der Waals surface area contributed by atoms with Crippen LogP contribution in [0.25, 0.3) is 0 Å². The average Bonchev–Trinajstić information content (AvgIpc) is 2.66. The quantitative estimate of drug-likeness (QED) is 0.752. The summed E-state index contributed by atoms with van der Waals surface area (Å²) < 4.78 is 15.7. The highest BCUT2D eigenvalue weighted by Crippen LogP contribution is 2.43. The molecule has 8 heteroatoms. The summed E-state index contributed by atoms with van der Waals surface area (Å²) in [5.41, 5.74) is 1.54. The first-order valence-corrected chi connectivity index (χ1v) is 9.05. The molecule has 1 amide bonds. The van der Waals surface area contributed by atoms with Gasteiger partial charge in [-0.25, -0.2) is 9.79 Å². The lowest BCUT2D eigenvalue weighted by Crippen LogP contribution is -2.45. The number of aliphatic imine (C=N–C) groups is 1. The third kappa shape index (κ3) is 3.05. The maximum absolute atomic E-state index is 12.7. The van der Waals surface area contributed by atoms with E-state index in [0.717, 1.165) is 0 Å². The summed E-state index contributed by atoms with van der Waals surface area (Å²) >= 11 is 1.50. The summed E-state index contributed by atoms with van der Waals surface area (Å²) in [6, 6.07) is 4.64. The maximum Gasteiger partial charge on any atom is 0.338 e. The topological polar surface area (TPSA) is 77.4 Å². The van der Waals surface area contributed by atoms with E-state index >= 15 is 0 Å². The van der Waals surface area contributed by atoms with Crippen molar-refractivity contribution in [2.75, 3.05) is 27.1 Å². The minimum Gasteiger partial charge on any atom is -0.497 e. The molecule has 138 valence electrons. The summed E-state index contributed by atoms with van der Waals surface area (Å²) in [5.74, 6) is 1.21. The number of hydrogen-bond acceptors (Lipinski definition) is 7. The number of hydrogen-bond donors (Lipinski definition) is 0. The zero-order valence-corrected chi connectivity index (χ0v) is 15.9. The maximum atomic E-state index is 12.7. The molecule has 0 spiro atoms. The van der Waals surface area contributed by atoms with Gasteiger partial charge in [0.15, 0.2) is 5.17 Å². The summed E-state index contributed by atoms with van der Waals surface area (Å²) in [6.07, 6.45) is 0.381. The fraction of sp³-hybridized carbons (Fsp3) is 0.389. The molecule has 26 heavy (non-hydrogen) atoms. The van der Waals surface area contributed by atoms with Crippen LogP contribution in [0.4, 0.5) is 0 Å². The fourth-order valence-corrected chi connectivity index (χ4v) is 4.11. The van der Waals surface area contributed by atoms with Crippen LogP contribution in [0.3, 0.4) is 0 Å². The number of ether oxygens (including phenoxy) is 3. The van der Waals surface area contributed by atoms with E-state index in [4.69, 9.17) is 14.2 Å². The molecular formula is C18H20N2O5S. The van der Waals surface area contributed by atoms with Gasteiger partial charge in [0, 0.05) is 23.8 Å². The van der Waals surface area contributed by atoms with Crippen molar-refractivity contribution < 1.29 is 23.8 Å². The molecule has 3 rings (SSSR count). The van der Waals surface area contributed by atoms with E-state index < -0.39 is 12.0 Å². The minimum atomic E-state index is -0.656. The average molecular weight is 376 g/mol. The lowest BCUT2D eigenvalue weighted by atomic mass is 9.93. The summed E-state index contributed by atoms with van der Waals surface area (Å²) in [4.78, 5) is 31.2. The largest absolute Gasteiger partial charge is 0.497 e. The number of carbonyl (C=O) groups excluding carboxylic acids is 2. The fourth-order valence-electron chi connectivity index (χ4n) is 3.11. The van der Waals surface area contributed by atoms with Crippen LogP contribution in [0.15, 0.2) is 34.5 Å². The Hall–Kier alpha value is -2.48. The second kappa shape index (κ2) is 7.41. The molecule has 0 radical (unpaired) electrons. The lowest BCUT2D eigenvalue weighted by Gasteiger charge is -2.39. The number of esters is 1. The van der Waals surface area contributed by atoms with Crippen LogP contribution in [0.2, 0.25) is 0 Å². The van der Waals surface area contributed by atoms with Crippen molar-refractivity contribution in [1.82, 2.24) is 4.90 Å². The van der Waals surface area contributed by atoms with Crippen LogP contribution in [0.5, 0.6) is 11.5 Å². The van der Waals surface area contributed by atoms with Crippen LogP contribution < -0.4 is 9.47 Å². The van der Waals surface area contributed by atoms with Crippen LogP contribution in [0, 0.1) is 0 Å². The Kier molecular flexibility index (Phi) is 5.22. The zero-order chi connectivity index (χ0) is 18.8. The van der Waals surface area contributed by atoms with Gasteiger partial charge in [0.25, 0.3) is 0 Å². The molecule has 1 atom stereocenters. The van der Waals surface area contributed by atoms with E-state index in [-0.39, 0.29) is 5.91 Å². The third-order valence-corrected chi connectivity index (χ3v) is 5.30. The Morgan fingerprint density at radius 3 is 2.69 bits per heavy atom. The lowest BCUT2D eigenvalue weighted by molar-refractivity contribution is -0.137. The Bertz CT molecular complexity index is 818. The molecule has 2 heterocycles. The van der Waals surface area contributed by atoms with Gasteiger partial charge < -0.3 is 14.2 Å². The number of thioether (sulfide) groups is 1. The third-order valence-electron chi connectivity index (χ3n) is 4.35. The van der Waals surface area contributed by atoms with Gasteiger partial charge in [-0.2, -0.15) is 0 Å². The molecular weight excluding hydrogens is 356 g/mol. The number of amides is 1. The minimum absolute atomic E-state index is 0.0840.